The molecule has 0 heterocycles. The monoisotopic (exact) mass is 303 g/mol. The zero-order valence-corrected chi connectivity index (χ0v) is 12.8. The number of alkyl halides is 1. The van der Waals surface area contributed by atoms with Gasteiger partial charge in [0.1, 0.15) is 0 Å². The Morgan fingerprint density at radius 1 is 1.26 bits per heavy atom. The third kappa shape index (κ3) is 4.30. The van der Waals surface area contributed by atoms with Crippen molar-refractivity contribution in [3.63, 3.8) is 0 Å². The van der Waals surface area contributed by atoms with Crippen molar-refractivity contribution in [2.75, 3.05) is 5.88 Å². The zero-order chi connectivity index (χ0) is 14.6. The maximum Gasteiger partial charge on any atom is 0.241 e. The van der Waals surface area contributed by atoms with Gasteiger partial charge in [-0.1, -0.05) is 31.5 Å². The van der Waals surface area contributed by atoms with Crippen molar-refractivity contribution in [1.29, 1.82) is 0 Å². The average Bonchev–Trinajstić information content (AvgIpc) is 2.35. The molecular formula is C13H18ClNO3S. The number of carbonyl (C=O) groups excluding carboxylic acids is 1. The number of sulfonamides is 1. The zero-order valence-electron chi connectivity index (χ0n) is 11.2. The molecule has 1 atom stereocenters. The molecule has 0 radical (unpaired) electrons. The first-order valence-electron chi connectivity index (χ1n) is 5.95. The molecule has 0 fully saturated rings. The summed E-state index contributed by atoms with van der Waals surface area (Å²) in [5.74, 6) is -0.696. The van der Waals surface area contributed by atoms with Crippen LogP contribution in [-0.2, 0) is 14.8 Å². The number of carbonyl (C=O) groups is 1. The molecule has 1 N–H and O–H groups in total. The maximum atomic E-state index is 12.2. The Balaban J connectivity index is 3.00. The first kappa shape index (κ1) is 16.1. The quantitative estimate of drug-likeness (QED) is 0.819. The van der Waals surface area contributed by atoms with Gasteiger partial charge < -0.3 is 0 Å². The van der Waals surface area contributed by atoms with Crippen LogP contribution in [0.25, 0.3) is 0 Å². The Bertz CT molecular complexity index is 538. The molecule has 0 aliphatic carbocycles. The van der Waals surface area contributed by atoms with E-state index in [1.807, 2.05) is 6.92 Å². The normalized spacial score (nSPS) is 13.5. The van der Waals surface area contributed by atoms with E-state index in [4.69, 9.17) is 11.6 Å². The molecule has 0 bridgehead atoms. The summed E-state index contributed by atoms with van der Waals surface area (Å²) in [6.45, 7) is 5.41. The van der Waals surface area contributed by atoms with Gasteiger partial charge in [-0.2, -0.15) is 0 Å². The predicted molar refractivity (Wildman–Crippen MR) is 75.9 cm³/mol. The van der Waals surface area contributed by atoms with E-state index in [-0.39, 0.29) is 22.5 Å². The highest BCUT2D eigenvalue weighted by Gasteiger charge is 2.27. The molecule has 106 valence electrons. The van der Waals surface area contributed by atoms with Gasteiger partial charge in [0.05, 0.1) is 16.8 Å². The highest BCUT2D eigenvalue weighted by molar-refractivity contribution is 7.89. The summed E-state index contributed by atoms with van der Waals surface area (Å²) in [6, 6.07) is 5.65. The predicted octanol–water partition coefficient (Wildman–Crippen LogP) is 2.11. The second-order valence-electron chi connectivity index (χ2n) is 4.76. The molecule has 0 aliphatic heterocycles. The minimum atomic E-state index is -3.71. The molecule has 1 rings (SSSR count). The van der Waals surface area contributed by atoms with Gasteiger partial charge in [0.15, 0.2) is 5.78 Å². The number of hydrogen-bond acceptors (Lipinski definition) is 3. The number of Topliss-reactive ketones (excluding diaryl/α,β-unsaturated/α-hetero) is 1. The van der Waals surface area contributed by atoms with Gasteiger partial charge in [-0.05, 0) is 25.0 Å². The number of halogens is 1. The summed E-state index contributed by atoms with van der Waals surface area (Å²) < 4.78 is 26.8. The minimum Gasteiger partial charge on any atom is -0.297 e. The lowest BCUT2D eigenvalue weighted by atomic mass is 10.0. The summed E-state index contributed by atoms with van der Waals surface area (Å²) in [5, 5.41) is 0. The molecule has 0 spiro atoms. The molecule has 0 saturated carbocycles. The van der Waals surface area contributed by atoms with E-state index in [1.165, 1.54) is 12.1 Å². The summed E-state index contributed by atoms with van der Waals surface area (Å²) in [6.07, 6.45) is 0. The van der Waals surface area contributed by atoms with Crippen LogP contribution in [0.1, 0.15) is 19.4 Å². The topological polar surface area (TPSA) is 63.2 Å². The van der Waals surface area contributed by atoms with Gasteiger partial charge in [-0.15, -0.1) is 11.6 Å². The lowest BCUT2D eigenvalue weighted by Crippen LogP contribution is -2.44. The lowest BCUT2D eigenvalue weighted by Gasteiger charge is -2.20. The van der Waals surface area contributed by atoms with Crippen molar-refractivity contribution in [3.8, 4) is 0 Å². The minimum absolute atomic E-state index is 0.145. The molecule has 4 nitrogen and oxygen atoms in total. The van der Waals surface area contributed by atoms with Crippen molar-refractivity contribution >= 4 is 27.4 Å². The smallest absolute Gasteiger partial charge is 0.241 e. The van der Waals surface area contributed by atoms with Crippen LogP contribution in [0.4, 0.5) is 0 Å². The van der Waals surface area contributed by atoms with Gasteiger partial charge in [-0.25, -0.2) is 13.1 Å². The largest absolute Gasteiger partial charge is 0.297 e. The third-order valence-corrected chi connectivity index (χ3v) is 4.48. The molecule has 6 heteroatoms. The van der Waals surface area contributed by atoms with Crippen molar-refractivity contribution in [2.45, 2.75) is 31.7 Å². The SMILES string of the molecule is Cc1ccc(S(=O)(=O)N[C@H](C(=O)CCl)C(C)C)cc1. The molecule has 0 aromatic heterocycles. The van der Waals surface area contributed by atoms with Gasteiger partial charge in [-0.3, -0.25) is 4.79 Å². The fourth-order valence-electron chi connectivity index (χ4n) is 1.61. The highest BCUT2D eigenvalue weighted by atomic mass is 35.5. The van der Waals surface area contributed by atoms with E-state index in [0.717, 1.165) is 5.56 Å². The number of nitrogens with one attached hydrogen (secondary N) is 1. The standard InChI is InChI=1S/C13H18ClNO3S/c1-9(2)13(12(16)8-14)15-19(17,18)11-6-4-10(3)5-7-11/h4-7,9,13,15H,8H2,1-3H3/t13-/m0/s1. The molecular weight excluding hydrogens is 286 g/mol. The van der Waals surface area contributed by atoms with E-state index < -0.39 is 16.1 Å². The molecule has 0 saturated heterocycles. The van der Waals surface area contributed by atoms with Crippen LogP contribution in [0.5, 0.6) is 0 Å². The second kappa shape index (κ2) is 6.50. The molecule has 0 aliphatic rings. The Morgan fingerprint density at radius 3 is 2.21 bits per heavy atom. The third-order valence-electron chi connectivity index (χ3n) is 2.76. The van der Waals surface area contributed by atoms with E-state index >= 15 is 0 Å². The molecule has 0 unspecified atom stereocenters. The Morgan fingerprint density at radius 2 is 1.79 bits per heavy atom. The van der Waals surface area contributed by atoms with Gasteiger partial charge in [0, 0.05) is 0 Å². The summed E-state index contributed by atoms with van der Waals surface area (Å²) in [7, 11) is -3.71. The van der Waals surface area contributed by atoms with Crippen molar-refractivity contribution in [1.82, 2.24) is 4.72 Å². The van der Waals surface area contributed by atoms with E-state index in [0.29, 0.717) is 0 Å². The number of aryl methyl sites for hydroxylation is 1. The second-order valence-corrected chi connectivity index (χ2v) is 6.74. The fourth-order valence-corrected chi connectivity index (χ4v) is 3.14. The average molecular weight is 304 g/mol. The Hall–Kier alpha value is -0.910. The van der Waals surface area contributed by atoms with Crippen molar-refractivity contribution in [2.24, 2.45) is 5.92 Å². The Labute approximate surface area is 119 Å². The number of ketones is 1. The van der Waals surface area contributed by atoms with Crippen LogP contribution in [0.3, 0.4) is 0 Å². The van der Waals surface area contributed by atoms with Crippen LogP contribution in [0, 0.1) is 12.8 Å². The van der Waals surface area contributed by atoms with Gasteiger partial charge in [0.2, 0.25) is 10.0 Å². The number of rotatable bonds is 6. The van der Waals surface area contributed by atoms with E-state index in [9.17, 15) is 13.2 Å². The lowest BCUT2D eigenvalue weighted by molar-refractivity contribution is -0.119. The van der Waals surface area contributed by atoms with Crippen molar-refractivity contribution < 1.29 is 13.2 Å². The van der Waals surface area contributed by atoms with E-state index in [1.54, 1.807) is 26.0 Å². The van der Waals surface area contributed by atoms with Crippen LogP contribution >= 0.6 is 11.6 Å². The molecule has 19 heavy (non-hydrogen) atoms. The summed E-state index contributed by atoms with van der Waals surface area (Å²) >= 11 is 5.50. The molecule has 1 aromatic rings. The van der Waals surface area contributed by atoms with Gasteiger partial charge in [0.25, 0.3) is 0 Å². The number of hydrogen-bond donors (Lipinski definition) is 1. The van der Waals surface area contributed by atoms with Crippen LogP contribution in [-0.4, -0.2) is 26.1 Å². The van der Waals surface area contributed by atoms with Crippen molar-refractivity contribution in [3.05, 3.63) is 29.8 Å². The summed E-state index contributed by atoms with van der Waals surface area (Å²) in [4.78, 5) is 11.8. The molecule has 0 amide bonds. The highest BCUT2D eigenvalue weighted by Crippen LogP contribution is 2.13. The summed E-state index contributed by atoms with van der Waals surface area (Å²) in [5.41, 5.74) is 0.969. The maximum absolute atomic E-state index is 12.2. The molecule has 1 aromatic carbocycles. The van der Waals surface area contributed by atoms with E-state index in [2.05, 4.69) is 4.72 Å². The Kier molecular flexibility index (Phi) is 5.52. The first-order chi connectivity index (χ1) is 8.77. The van der Waals surface area contributed by atoms with Crippen LogP contribution < -0.4 is 4.72 Å². The van der Waals surface area contributed by atoms with Gasteiger partial charge >= 0.3 is 0 Å². The number of benzene rings is 1. The van der Waals surface area contributed by atoms with Crippen LogP contribution in [0.2, 0.25) is 0 Å². The van der Waals surface area contributed by atoms with Crippen LogP contribution in [0.15, 0.2) is 29.2 Å². The first-order valence-corrected chi connectivity index (χ1v) is 7.97. The fraction of sp³-hybridized carbons (Fsp3) is 0.462.